The van der Waals surface area contributed by atoms with E-state index < -0.39 is 42.9 Å². The van der Waals surface area contributed by atoms with E-state index in [0.29, 0.717) is 0 Å². The van der Waals surface area contributed by atoms with Crippen molar-refractivity contribution in [2.45, 2.75) is 18.8 Å². The number of hydrogen-bond donors (Lipinski definition) is 3. The largest absolute Gasteiger partial charge is 0.481 e. The number of alkyl halides is 2. The van der Waals surface area contributed by atoms with Gasteiger partial charge in [-0.15, -0.1) is 0 Å². The molecule has 7 nitrogen and oxygen atoms in total. The third-order valence-electron chi connectivity index (χ3n) is 5.12. The second kappa shape index (κ2) is 9.11. The lowest BCUT2D eigenvalue weighted by atomic mass is 9.98. The first-order chi connectivity index (χ1) is 14.7. The first-order valence-electron chi connectivity index (χ1n) is 9.68. The van der Waals surface area contributed by atoms with Gasteiger partial charge in [0.2, 0.25) is 0 Å². The first-order valence-corrected chi connectivity index (χ1v) is 9.68. The Morgan fingerprint density at radius 1 is 1.03 bits per heavy atom. The maximum absolute atomic E-state index is 13.9. The molecule has 0 fully saturated rings. The Hall–Kier alpha value is -3.49. The summed E-state index contributed by atoms with van der Waals surface area (Å²) in [5.41, 5.74) is 4.03. The molecule has 9 heteroatoms. The lowest BCUT2D eigenvalue weighted by Gasteiger charge is -2.18. The molecule has 1 atom stereocenters. The number of rotatable bonds is 8. The lowest BCUT2D eigenvalue weighted by Crippen LogP contribution is -2.49. The summed E-state index contributed by atoms with van der Waals surface area (Å²) in [6.07, 6.45) is -1.08. The SMILES string of the molecule is CC(CNC(=O)C(F)(F)CNC(=O)OCC1c2ccccc2-c2ccccc21)C(=O)O. The minimum atomic E-state index is -3.91. The highest BCUT2D eigenvalue weighted by Crippen LogP contribution is 2.44. The number of halogens is 2. The van der Waals surface area contributed by atoms with Crippen molar-refractivity contribution in [2.75, 3.05) is 19.7 Å². The quantitative estimate of drug-likeness (QED) is 0.595. The van der Waals surface area contributed by atoms with Crippen LogP contribution in [-0.4, -0.2) is 48.7 Å². The third kappa shape index (κ3) is 4.99. The van der Waals surface area contributed by atoms with Crippen molar-refractivity contribution in [3.05, 3.63) is 59.7 Å². The van der Waals surface area contributed by atoms with E-state index in [1.807, 2.05) is 59.2 Å². The van der Waals surface area contributed by atoms with Crippen LogP contribution in [0.1, 0.15) is 24.0 Å². The molecule has 1 aliphatic carbocycles. The van der Waals surface area contributed by atoms with Crippen LogP contribution in [0.2, 0.25) is 0 Å². The van der Waals surface area contributed by atoms with Crippen molar-refractivity contribution in [1.82, 2.24) is 10.6 Å². The highest BCUT2D eigenvalue weighted by atomic mass is 19.3. The number of carboxylic acid groups (broad SMARTS) is 1. The molecule has 0 bridgehead atoms. The fraction of sp³-hybridized carbons (Fsp3) is 0.318. The van der Waals surface area contributed by atoms with Crippen molar-refractivity contribution in [3.8, 4) is 11.1 Å². The minimum Gasteiger partial charge on any atom is -0.481 e. The number of benzene rings is 2. The molecule has 0 saturated heterocycles. The number of ether oxygens (including phenoxy) is 1. The number of aliphatic carboxylic acids is 1. The van der Waals surface area contributed by atoms with Crippen LogP contribution in [0.15, 0.2) is 48.5 Å². The molecule has 0 saturated carbocycles. The molecule has 0 heterocycles. The predicted octanol–water partition coefficient (Wildman–Crippen LogP) is 3.00. The maximum atomic E-state index is 13.9. The van der Waals surface area contributed by atoms with E-state index in [4.69, 9.17) is 9.84 Å². The summed E-state index contributed by atoms with van der Waals surface area (Å²) in [6, 6.07) is 15.4. The minimum absolute atomic E-state index is 0.0479. The number of hydrogen-bond acceptors (Lipinski definition) is 4. The summed E-state index contributed by atoms with van der Waals surface area (Å²) in [7, 11) is 0. The average Bonchev–Trinajstić information content (AvgIpc) is 3.08. The summed E-state index contributed by atoms with van der Waals surface area (Å²) >= 11 is 0. The summed E-state index contributed by atoms with van der Waals surface area (Å²) in [5, 5.41) is 12.5. The van der Waals surface area contributed by atoms with Crippen LogP contribution in [0.5, 0.6) is 0 Å². The first kappa shape index (κ1) is 22.2. The Kier molecular flexibility index (Phi) is 6.53. The smallest absolute Gasteiger partial charge is 0.407 e. The van der Waals surface area contributed by atoms with Gasteiger partial charge in [-0.05, 0) is 22.3 Å². The molecule has 1 aliphatic rings. The fourth-order valence-electron chi connectivity index (χ4n) is 3.38. The van der Waals surface area contributed by atoms with E-state index in [9.17, 15) is 23.2 Å². The van der Waals surface area contributed by atoms with Crippen LogP contribution in [0.25, 0.3) is 11.1 Å². The molecular weight excluding hydrogens is 410 g/mol. The molecule has 31 heavy (non-hydrogen) atoms. The number of alkyl carbamates (subject to hydrolysis) is 1. The molecule has 0 aliphatic heterocycles. The second-order valence-electron chi connectivity index (χ2n) is 7.33. The van der Waals surface area contributed by atoms with Crippen LogP contribution in [0.4, 0.5) is 13.6 Å². The van der Waals surface area contributed by atoms with E-state index in [1.54, 1.807) is 0 Å². The molecular formula is C22H22F2N2O5. The van der Waals surface area contributed by atoms with Crippen LogP contribution >= 0.6 is 0 Å². The topological polar surface area (TPSA) is 105 Å². The number of carboxylic acids is 1. The second-order valence-corrected chi connectivity index (χ2v) is 7.33. The Bertz CT molecular complexity index is 950. The molecule has 3 N–H and O–H groups in total. The maximum Gasteiger partial charge on any atom is 0.407 e. The van der Waals surface area contributed by atoms with Gasteiger partial charge in [-0.2, -0.15) is 8.78 Å². The van der Waals surface area contributed by atoms with E-state index in [-0.39, 0.29) is 12.5 Å². The zero-order valence-corrected chi connectivity index (χ0v) is 16.7. The van der Waals surface area contributed by atoms with Gasteiger partial charge < -0.3 is 20.5 Å². The van der Waals surface area contributed by atoms with Crippen LogP contribution in [-0.2, 0) is 14.3 Å². The molecule has 3 rings (SSSR count). The van der Waals surface area contributed by atoms with E-state index in [1.165, 1.54) is 6.92 Å². The van der Waals surface area contributed by atoms with Crippen LogP contribution in [0.3, 0.4) is 0 Å². The van der Waals surface area contributed by atoms with Crippen molar-refractivity contribution < 1.29 is 33.0 Å². The zero-order chi connectivity index (χ0) is 22.6. The van der Waals surface area contributed by atoms with Gasteiger partial charge in [0.05, 0.1) is 12.5 Å². The summed E-state index contributed by atoms with van der Waals surface area (Å²) in [5.74, 6) is -8.04. The number of carbonyl (C=O) groups is 3. The summed E-state index contributed by atoms with van der Waals surface area (Å²) < 4.78 is 33.0. The molecule has 0 aromatic heterocycles. The molecule has 2 aromatic rings. The van der Waals surface area contributed by atoms with Gasteiger partial charge in [0.25, 0.3) is 5.91 Å². The monoisotopic (exact) mass is 432 g/mol. The van der Waals surface area contributed by atoms with Gasteiger partial charge in [-0.3, -0.25) is 9.59 Å². The Balaban J connectivity index is 1.54. The third-order valence-corrected chi connectivity index (χ3v) is 5.12. The van der Waals surface area contributed by atoms with Crippen LogP contribution in [0, 0.1) is 5.92 Å². The van der Waals surface area contributed by atoms with E-state index >= 15 is 0 Å². The number of nitrogens with one attached hydrogen (secondary N) is 2. The van der Waals surface area contributed by atoms with Gasteiger partial charge >= 0.3 is 18.0 Å². The predicted molar refractivity (Wildman–Crippen MR) is 108 cm³/mol. The summed E-state index contributed by atoms with van der Waals surface area (Å²) in [6.45, 7) is -0.491. The van der Waals surface area contributed by atoms with Crippen molar-refractivity contribution >= 4 is 18.0 Å². The number of fused-ring (bicyclic) bond motifs is 3. The molecule has 1 unspecified atom stereocenters. The Labute approximate surface area is 177 Å². The fourth-order valence-corrected chi connectivity index (χ4v) is 3.38. The Morgan fingerprint density at radius 2 is 1.58 bits per heavy atom. The molecule has 2 amide bonds. The molecule has 0 spiro atoms. The number of amides is 2. The number of carbonyl (C=O) groups excluding carboxylic acids is 2. The van der Waals surface area contributed by atoms with Crippen molar-refractivity contribution in [3.63, 3.8) is 0 Å². The highest BCUT2D eigenvalue weighted by molar-refractivity contribution is 5.85. The van der Waals surface area contributed by atoms with E-state index in [0.717, 1.165) is 22.3 Å². The standard InChI is InChI=1S/C22H22F2N2O5/c1-13(19(27)28)10-25-20(29)22(23,24)12-26-21(30)31-11-18-16-8-4-2-6-14(16)15-7-3-5-9-17(15)18/h2-9,13,18H,10-12H2,1H3,(H,25,29)(H,26,30)(H,27,28). The zero-order valence-electron chi connectivity index (χ0n) is 16.7. The molecule has 2 aromatic carbocycles. The Morgan fingerprint density at radius 3 is 2.13 bits per heavy atom. The van der Waals surface area contributed by atoms with Gasteiger partial charge in [-0.25, -0.2) is 4.79 Å². The van der Waals surface area contributed by atoms with Crippen molar-refractivity contribution in [2.24, 2.45) is 5.92 Å². The van der Waals surface area contributed by atoms with Crippen molar-refractivity contribution in [1.29, 1.82) is 0 Å². The van der Waals surface area contributed by atoms with E-state index in [2.05, 4.69) is 0 Å². The molecule has 0 radical (unpaired) electrons. The van der Waals surface area contributed by atoms with Crippen LogP contribution < -0.4 is 10.6 Å². The van der Waals surface area contributed by atoms with Gasteiger partial charge in [-0.1, -0.05) is 55.5 Å². The lowest BCUT2D eigenvalue weighted by molar-refractivity contribution is -0.146. The van der Waals surface area contributed by atoms with Gasteiger partial charge in [0, 0.05) is 12.5 Å². The van der Waals surface area contributed by atoms with Gasteiger partial charge in [0.1, 0.15) is 6.61 Å². The van der Waals surface area contributed by atoms with Gasteiger partial charge in [0.15, 0.2) is 0 Å². The molecule has 164 valence electrons. The summed E-state index contributed by atoms with van der Waals surface area (Å²) in [4.78, 5) is 34.3. The average molecular weight is 432 g/mol. The highest BCUT2D eigenvalue weighted by Gasteiger charge is 2.39. The normalized spacial score (nSPS) is 13.6.